The molecule has 0 atom stereocenters. The second kappa shape index (κ2) is 10.2. The second-order valence-electron chi connectivity index (χ2n) is 7.58. The van der Waals surface area contributed by atoms with Crippen molar-refractivity contribution in [2.75, 3.05) is 31.9 Å². The Balaban J connectivity index is 1.66. The zero-order valence-electron chi connectivity index (χ0n) is 18.9. The number of anilines is 3. The van der Waals surface area contributed by atoms with Gasteiger partial charge in [0.15, 0.2) is 23.1 Å². The minimum atomic E-state index is -0.469. The summed E-state index contributed by atoms with van der Waals surface area (Å²) in [6.07, 6.45) is 4.06. The number of hydrogen-bond donors (Lipinski definition) is 3. The number of carbonyl (C=O) groups is 2. The first-order valence-electron chi connectivity index (χ1n) is 10.5. The number of rotatable bonds is 10. The van der Waals surface area contributed by atoms with E-state index in [0.29, 0.717) is 29.5 Å². The second-order valence-corrected chi connectivity index (χ2v) is 7.58. The molecule has 1 aliphatic rings. The van der Waals surface area contributed by atoms with Crippen LogP contribution >= 0.6 is 0 Å². The predicted molar refractivity (Wildman–Crippen MR) is 119 cm³/mol. The molecule has 13 nitrogen and oxygen atoms in total. The summed E-state index contributed by atoms with van der Waals surface area (Å²) in [5, 5.41) is 20.2. The molecule has 34 heavy (non-hydrogen) atoms. The first-order valence-corrected chi connectivity index (χ1v) is 10.5. The van der Waals surface area contributed by atoms with Gasteiger partial charge >= 0.3 is 0 Å². The fourth-order valence-corrected chi connectivity index (χ4v) is 3.21. The monoisotopic (exact) mass is 468 g/mol. The number of nitrogens with one attached hydrogen (secondary N) is 3. The molecule has 0 bridgehead atoms. The molecule has 3 aromatic rings. The number of hydrogen-bond acceptors (Lipinski definition) is 11. The van der Waals surface area contributed by atoms with Crippen molar-refractivity contribution >= 4 is 29.1 Å². The maximum atomic E-state index is 12.4. The van der Waals surface area contributed by atoms with Crippen LogP contribution in [0.25, 0.3) is 11.4 Å². The number of methoxy groups -OCH3 is 2. The van der Waals surface area contributed by atoms with Crippen LogP contribution in [0, 0.1) is 5.92 Å². The van der Waals surface area contributed by atoms with E-state index in [0.717, 1.165) is 12.8 Å². The van der Waals surface area contributed by atoms with Crippen molar-refractivity contribution < 1.29 is 23.6 Å². The van der Waals surface area contributed by atoms with Gasteiger partial charge in [-0.3, -0.25) is 9.59 Å². The number of aromatic nitrogens is 5. The van der Waals surface area contributed by atoms with E-state index in [9.17, 15) is 9.59 Å². The lowest BCUT2D eigenvalue weighted by Crippen LogP contribution is -2.22. The highest BCUT2D eigenvalue weighted by Crippen LogP contribution is 2.36. The van der Waals surface area contributed by atoms with E-state index in [-0.39, 0.29) is 41.4 Å². The van der Waals surface area contributed by atoms with E-state index in [1.165, 1.54) is 33.5 Å². The van der Waals surface area contributed by atoms with E-state index in [1.807, 2.05) is 0 Å². The number of amides is 2. The Morgan fingerprint density at radius 2 is 2.06 bits per heavy atom. The highest BCUT2D eigenvalue weighted by atomic mass is 16.5. The van der Waals surface area contributed by atoms with Gasteiger partial charge < -0.3 is 29.9 Å². The third-order valence-corrected chi connectivity index (χ3v) is 5.01. The molecule has 2 amide bonds. The van der Waals surface area contributed by atoms with Gasteiger partial charge in [-0.15, -0.1) is 10.2 Å². The molecule has 4 rings (SSSR count). The van der Waals surface area contributed by atoms with Gasteiger partial charge in [0, 0.05) is 32.8 Å². The largest absolute Gasteiger partial charge is 0.492 e. The van der Waals surface area contributed by atoms with Crippen LogP contribution in [-0.2, 0) is 16.1 Å². The van der Waals surface area contributed by atoms with Crippen LogP contribution in [0.15, 0.2) is 22.9 Å². The summed E-state index contributed by atoms with van der Waals surface area (Å²) in [6.45, 7) is 0.166. The summed E-state index contributed by atoms with van der Waals surface area (Å²) in [4.78, 5) is 33.2. The molecule has 0 radical (unpaired) electrons. The summed E-state index contributed by atoms with van der Waals surface area (Å²) in [6, 6.07) is 3.18. The molecule has 1 saturated carbocycles. The van der Waals surface area contributed by atoms with Crippen molar-refractivity contribution in [1.29, 1.82) is 0 Å². The molecular weight excluding hydrogens is 444 g/mol. The minimum Gasteiger partial charge on any atom is -0.492 e. The average Bonchev–Trinajstić information content (AvgIpc) is 3.52. The van der Waals surface area contributed by atoms with Crippen molar-refractivity contribution in [3.05, 3.63) is 29.9 Å². The van der Waals surface area contributed by atoms with E-state index >= 15 is 0 Å². The number of pyridine rings is 1. The van der Waals surface area contributed by atoms with Crippen molar-refractivity contribution in [2.24, 2.45) is 5.92 Å². The summed E-state index contributed by atoms with van der Waals surface area (Å²) >= 11 is 0. The SMILES string of the molecule is CNC(=O)c1nnc(NC(=O)CC2CC2)cc1Nc1nccc(-c2noc(COC)n2)c1OC. The van der Waals surface area contributed by atoms with Gasteiger partial charge in [-0.2, -0.15) is 4.98 Å². The van der Waals surface area contributed by atoms with Crippen LogP contribution in [0.5, 0.6) is 5.75 Å². The smallest absolute Gasteiger partial charge is 0.273 e. The molecular formula is C21H24N8O5. The van der Waals surface area contributed by atoms with Gasteiger partial charge in [-0.25, -0.2) is 4.98 Å². The summed E-state index contributed by atoms with van der Waals surface area (Å²) < 4.78 is 15.7. The zero-order valence-corrected chi connectivity index (χ0v) is 18.9. The van der Waals surface area contributed by atoms with Crippen molar-refractivity contribution in [1.82, 2.24) is 30.6 Å². The number of ether oxygens (including phenoxy) is 2. The molecule has 0 spiro atoms. The first kappa shape index (κ1) is 23.0. The third-order valence-electron chi connectivity index (χ3n) is 5.01. The van der Waals surface area contributed by atoms with Crippen LogP contribution in [0.3, 0.4) is 0 Å². The van der Waals surface area contributed by atoms with E-state index in [2.05, 4.69) is 41.3 Å². The Bertz CT molecular complexity index is 1190. The molecule has 3 N–H and O–H groups in total. The number of nitrogens with zero attached hydrogens (tertiary/aromatic N) is 5. The molecule has 0 aliphatic heterocycles. The Morgan fingerprint density at radius 1 is 1.24 bits per heavy atom. The standard InChI is InChI=1S/C21H24N8O5/c1-22-21(31)17-13(9-14(27-28-17)25-15(30)8-11-4-5-11)24-20-18(33-3)12(6-7-23-20)19-26-16(10-32-2)34-29-19/h6-7,9,11H,4-5,8,10H2,1-3H3,(H,22,31)(H2,23,24,25,27,30). The molecule has 178 valence electrons. The highest BCUT2D eigenvalue weighted by Gasteiger charge is 2.25. The molecule has 13 heteroatoms. The van der Waals surface area contributed by atoms with E-state index in [1.54, 1.807) is 6.07 Å². The van der Waals surface area contributed by atoms with Crippen LogP contribution in [0.2, 0.25) is 0 Å². The third kappa shape index (κ3) is 5.26. The summed E-state index contributed by atoms with van der Waals surface area (Å²) in [5.41, 5.74) is 0.790. The van der Waals surface area contributed by atoms with Gasteiger partial charge in [0.1, 0.15) is 6.61 Å². The summed E-state index contributed by atoms with van der Waals surface area (Å²) in [5.74, 6) is 1.16. The molecule has 3 heterocycles. The Labute approximate surface area is 194 Å². The van der Waals surface area contributed by atoms with Gasteiger partial charge in [0.25, 0.3) is 11.8 Å². The lowest BCUT2D eigenvalue weighted by atomic mass is 10.2. The maximum Gasteiger partial charge on any atom is 0.273 e. The van der Waals surface area contributed by atoms with Crippen LogP contribution in [0.4, 0.5) is 17.3 Å². The van der Waals surface area contributed by atoms with Crippen molar-refractivity contribution in [3.63, 3.8) is 0 Å². The minimum absolute atomic E-state index is 0.0129. The fourth-order valence-electron chi connectivity index (χ4n) is 3.21. The first-order chi connectivity index (χ1) is 16.5. The van der Waals surface area contributed by atoms with E-state index < -0.39 is 5.91 Å². The highest BCUT2D eigenvalue weighted by molar-refractivity contribution is 5.99. The summed E-state index contributed by atoms with van der Waals surface area (Å²) in [7, 11) is 4.47. The number of carbonyl (C=O) groups excluding carboxylic acids is 2. The average molecular weight is 468 g/mol. The molecule has 1 fully saturated rings. The molecule has 0 saturated heterocycles. The van der Waals surface area contributed by atoms with Crippen molar-refractivity contribution in [3.8, 4) is 17.1 Å². The molecule has 3 aromatic heterocycles. The molecule has 1 aliphatic carbocycles. The normalized spacial score (nSPS) is 12.8. The van der Waals surface area contributed by atoms with Crippen LogP contribution in [-0.4, -0.2) is 58.4 Å². The fraction of sp³-hybridized carbons (Fsp3) is 0.381. The van der Waals surface area contributed by atoms with Crippen LogP contribution < -0.4 is 20.7 Å². The Hall–Kier alpha value is -4.13. The van der Waals surface area contributed by atoms with Gasteiger partial charge in [-0.1, -0.05) is 5.16 Å². The maximum absolute atomic E-state index is 12.4. The van der Waals surface area contributed by atoms with Gasteiger partial charge in [0.2, 0.25) is 11.7 Å². The zero-order chi connectivity index (χ0) is 24.1. The van der Waals surface area contributed by atoms with Gasteiger partial charge in [0.05, 0.1) is 18.4 Å². The lowest BCUT2D eigenvalue weighted by Gasteiger charge is -2.15. The topological polar surface area (TPSA) is 166 Å². The Morgan fingerprint density at radius 3 is 2.76 bits per heavy atom. The van der Waals surface area contributed by atoms with Gasteiger partial charge in [-0.05, 0) is 24.8 Å². The predicted octanol–water partition coefficient (Wildman–Crippen LogP) is 1.92. The van der Waals surface area contributed by atoms with Crippen LogP contribution in [0.1, 0.15) is 35.6 Å². The molecule has 0 aromatic carbocycles. The van der Waals surface area contributed by atoms with Crippen molar-refractivity contribution in [2.45, 2.75) is 25.9 Å². The molecule has 0 unspecified atom stereocenters. The Kier molecular flexibility index (Phi) is 6.92. The van der Waals surface area contributed by atoms with E-state index in [4.69, 9.17) is 14.0 Å². The quantitative estimate of drug-likeness (QED) is 0.398. The lowest BCUT2D eigenvalue weighted by molar-refractivity contribution is -0.116.